The van der Waals surface area contributed by atoms with E-state index in [0.717, 1.165) is 74.4 Å². The molecular formula is C44H78FN3O. The Hall–Kier alpha value is -3.21. The number of aldehydes is 1. The van der Waals surface area contributed by atoms with E-state index >= 15 is 0 Å². The minimum Gasteiger partial charge on any atom is -0.403 e. The first kappa shape index (κ1) is 52.6. The van der Waals surface area contributed by atoms with E-state index in [1.54, 1.807) is 6.07 Å². The highest BCUT2D eigenvalue weighted by Gasteiger charge is 2.24. The largest absolute Gasteiger partial charge is 0.403 e. The molecule has 282 valence electrons. The van der Waals surface area contributed by atoms with Crippen LogP contribution >= 0.6 is 0 Å². The Morgan fingerprint density at radius 3 is 1.86 bits per heavy atom. The zero-order chi connectivity index (χ0) is 38.6. The van der Waals surface area contributed by atoms with Crippen LogP contribution in [0.2, 0.25) is 0 Å². The molecule has 2 aromatic carbocycles. The molecule has 0 aliphatic carbocycles. The zero-order valence-corrected chi connectivity index (χ0v) is 34.2. The molecular weight excluding hydrogens is 606 g/mol. The summed E-state index contributed by atoms with van der Waals surface area (Å²) in [5.74, 6) is 1.32. The average Bonchev–Trinajstić information content (AvgIpc) is 3.09. The molecule has 3 atom stereocenters. The first-order chi connectivity index (χ1) is 23.4. The van der Waals surface area contributed by atoms with Gasteiger partial charge in [-0.25, -0.2) is 4.39 Å². The summed E-state index contributed by atoms with van der Waals surface area (Å²) >= 11 is 0. The molecule has 1 saturated heterocycles. The molecule has 0 bridgehead atoms. The number of hydrogen-bond donors (Lipinski definition) is 1. The van der Waals surface area contributed by atoms with Gasteiger partial charge in [0.05, 0.1) is 0 Å². The topological polar surface area (TPSA) is 58.7 Å². The van der Waals surface area contributed by atoms with Gasteiger partial charge >= 0.3 is 0 Å². The number of piperidine rings is 1. The van der Waals surface area contributed by atoms with Gasteiger partial charge < -0.3 is 15.4 Å². The number of allylic oxidation sites excluding steroid dienone is 2. The van der Waals surface area contributed by atoms with E-state index < -0.39 is 0 Å². The van der Waals surface area contributed by atoms with Crippen molar-refractivity contribution in [1.82, 2.24) is 4.90 Å². The molecule has 5 heteroatoms. The van der Waals surface area contributed by atoms with Crippen molar-refractivity contribution >= 4 is 17.7 Å². The summed E-state index contributed by atoms with van der Waals surface area (Å²) in [5, 5.41) is 0. The second kappa shape index (κ2) is 37.6. The van der Waals surface area contributed by atoms with E-state index in [1.165, 1.54) is 37.9 Å². The number of likely N-dealkylation sites (tertiary alicyclic amines) is 1. The molecule has 4 nitrogen and oxygen atoms in total. The standard InChI is InChI=1S/C24H37FN2.C6H6.C5H11N.C3H8.C2H4O.2C2H6/c1-7-10-22(15-19(4)27-14-9-11-17(2)16-27)20(5)21(6)26-24-18(3)12-8-13-23(24)25;1-2-4-6-5-3-1;1-3-4-5(2)6;1-3-2;1-2-3;2*1-2/h8,12-13,17,20,22H,4,7,9-11,14-16H2,1-3,5-6H3;1-6H;2-4,6H2,1H3;3H2,1-2H3;2H,1H3;2*1-2H3. The molecule has 3 unspecified atom stereocenters. The molecule has 3 rings (SSSR count). The Bertz CT molecular complexity index is 1020. The molecule has 49 heavy (non-hydrogen) atoms. The normalized spacial score (nSPS) is 14.1. The van der Waals surface area contributed by atoms with Crippen LogP contribution in [0.4, 0.5) is 10.1 Å². The Kier molecular flexibility index (Phi) is 40.4. The number of nitrogens with zero attached hydrogens (tertiary/aromatic N) is 2. The van der Waals surface area contributed by atoms with Gasteiger partial charge in [0, 0.05) is 30.2 Å². The summed E-state index contributed by atoms with van der Waals surface area (Å²) in [6.07, 6.45) is 9.95. The minimum absolute atomic E-state index is 0.236. The number of rotatable bonds is 10. The van der Waals surface area contributed by atoms with E-state index in [4.69, 9.17) is 15.5 Å². The monoisotopic (exact) mass is 684 g/mol. The Labute approximate surface area is 304 Å². The Balaban J connectivity index is -0.000000373. The highest BCUT2D eigenvalue weighted by molar-refractivity contribution is 5.87. The van der Waals surface area contributed by atoms with Crippen molar-refractivity contribution in [3.63, 3.8) is 0 Å². The van der Waals surface area contributed by atoms with Crippen LogP contribution < -0.4 is 5.73 Å². The van der Waals surface area contributed by atoms with Crippen LogP contribution in [0.15, 0.2) is 84.1 Å². The second-order valence-corrected chi connectivity index (χ2v) is 12.0. The summed E-state index contributed by atoms with van der Waals surface area (Å²) in [6, 6.07) is 17.2. The van der Waals surface area contributed by atoms with Gasteiger partial charge in [0.25, 0.3) is 0 Å². The molecule has 0 spiro atoms. The van der Waals surface area contributed by atoms with Crippen LogP contribution in [0.25, 0.3) is 0 Å². The fraction of sp³-hybridized carbons (Fsp3) is 0.591. The van der Waals surface area contributed by atoms with Crippen LogP contribution in [0.3, 0.4) is 0 Å². The van der Waals surface area contributed by atoms with Crippen molar-refractivity contribution in [1.29, 1.82) is 0 Å². The number of aryl methyl sites for hydroxylation is 1. The van der Waals surface area contributed by atoms with Crippen LogP contribution in [0.5, 0.6) is 0 Å². The van der Waals surface area contributed by atoms with Gasteiger partial charge in [0.1, 0.15) is 17.8 Å². The molecule has 2 aromatic rings. The van der Waals surface area contributed by atoms with E-state index in [9.17, 15) is 4.39 Å². The van der Waals surface area contributed by atoms with E-state index in [-0.39, 0.29) is 5.82 Å². The highest BCUT2D eigenvalue weighted by Crippen LogP contribution is 2.31. The number of carbonyl (C=O) groups is 1. The van der Waals surface area contributed by atoms with Crippen molar-refractivity contribution in [2.24, 2.45) is 28.5 Å². The van der Waals surface area contributed by atoms with Crippen molar-refractivity contribution in [2.75, 3.05) is 13.1 Å². The average molecular weight is 684 g/mol. The summed E-state index contributed by atoms with van der Waals surface area (Å²) in [6.45, 7) is 36.8. The predicted octanol–water partition coefficient (Wildman–Crippen LogP) is 13.5. The molecule has 1 heterocycles. The lowest BCUT2D eigenvalue weighted by atomic mass is 9.83. The molecule has 0 aromatic heterocycles. The maximum atomic E-state index is 14.2. The number of halogens is 1. The Morgan fingerprint density at radius 1 is 1.00 bits per heavy atom. The van der Waals surface area contributed by atoms with Crippen molar-refractivity contribution in [3.05, 3.63) is 90.5 Å². The lowest BCUT2D eigenvalue weighted by Crippen LogP contribution is -2.34. The van der Waals surface area contributed by atoms with Gasteiger partial charge in [-0.1, -0.05) is 150 Å². The molecule has 2 N–H and O–H groups in total. The van der Waals surface area contributed by atoms with Crippen molar-refractivity contribution in [2.45, 2.75) is 141 Å². The number of carbonyl (C=O) groups excluding carboxylic acids is 1. The molecule has 1 aliphatic rings. The third-order valence-corrected chi connectivity index (χ3v) is 7.34. The molecule has 1 aliphatic heterocycles. The number of aliphatic imine (C=N–C) groups is 1. The number of para-hydroxylation sites is 1. The zero-order valence-electron chi connectivity index (χ0n) is 34.2. The van der Waals surface area contributed by atoms with Crippen molar-refractivity contribution in [3.8, 4) is 0 Å². The van der Waals surface area contributed by atoms with E-state index in [0.29, 0.717) is 17.5 Å². The summed E-state index contributed by atoms with van der Waals surface area (Å²) < 4.78 is 14.2. The third-order valence-electron chi connectivity index (χ3n) is 7.34. The fourth-order valence-electron chi connectivity index (χ4n) is 4.90. The van der Waals surface area contributed by atoms with Gasteiger partial charge in [0.15, 0.2) is 0 Å². The molecule has 0 radical (unpaired) electrons. The quantitative estimate of drug-likeness (QED) is 0.200. The van der Waals surface area contributed by atoms with Crippen LogP contribution in [-0.4, -0.2) is 30.0 Å². The third kappa shape index (κ3) is 29.4. The smallest absolute Gasteiger partial charge is 0.149 e. The Morgan fingerprint density at radius 2 is 1.49 bits per heavy atom. The number of nitrogens with two attached hydrogens (primary N) is 1. The first-order valence-electron chi connectivity index (χ1n) is 19.0. The molecule has 0 saturated carbocycles. The highest BCUT2D eigenvalue weighted by atomic mass is 19.1. The lowest BCUT2D eigenvalue weighted by Gasteiger charge is -2.36. The van der Waals surface area contributed by atoms with Gasteiger partial charge in [-0.15, -0.1) is 0 Å². The first-order valence-corrected chi connectivity index (χ1v) is 19.0. The summed E-state index contributed by atoms with van der Waals surface area (Å²) in [5.41, 5.74) is 9.65. The van der Waals surface area contributed by atoms with Gasteiger partial charge in [-0.2, -0.15) is 0 Å². The van der Waals surface area contributed by atoms with E-state index in [1.807, 2.05) is 84.0 Å². The van der Waals surface area contributed by atoms with Crippen LogP contribution in [0.1, 0.15) is 140 Å². The van der Waals surface area contributed by atoms with Crippen molar-refractivity contribution < 1.29 is 9.18 Å². The summed E-state index contributed by atoms with van der Waals surface area (Å²) in [4.78, 5) is 16.0. The second-order valence-electron chi connectivity index (χ2n) is 12.0. The lowest BCUT2D eigenvalue weighted by molar-refractivity contribution is -0.106. The predicted molar refractivity (Wildman–Crippen MR) is 220 cm³/mol. The number of benzene rings is 2. The molecule has 0 amide bonds. The van der Waals surface area contributed by atoms with Gasteiger partial charge in [-0.3, -0.25) is 4.99 Å². The van der Waals surface area contributed by atoms with Crippen LogP contribution in [-0.2, 0) is 4.79 Å². The minimum atomic E-state index is -0.236. The van der Waals surface area contributed by atoms with Gasteiger partial charge in [0.2, 0.25) is 0 Å². The SMILES string of the molecule is C=C(CC(CCC)C(C)C(C)=Nc1c(C)cccc1F)N1CCCC(C)C1.C=C(N)CCC.CC.CC.CC=O.CCC.c1ccccc1. The number of hydrogen-bond acceptors (Lipinski definition) is 4. The maximum absolute atomic E-state index is 14.2. The molecule has 1 fully saturated rings. The fourth-order valence-corrected chi connectivity index (χ4v) is 4.90. The summed E-state index contributed by atoms with van der Waals surface area (Å²) in [7, 11) is 0. The van der Waals surface area contributed by atoms with Crippen LogP contribution in [0, 0.1) is 30.5 Å². The van der Waals surface area contributed by atoms with Gasteiger partial charge in [-0.05, 0) is 82.3 Å². The maximum Gasteiger partial charge on any atom is 0.149 e. The van der Waals surface area contributed by atoms with E-state index in [2.05, 4.69) is 59.6 Å².